The van der Waals surface area contributed by atoms with Crippen LogP contribution in [0.4, 0.5) is 5.69 Å². The second kappa shape index (κ2) is 7.40. The third kappa shape index (κ3) is 3.95. The van der Waals surface area contributed by atoms with Crippen LogP contribution in [0.3, 0.4) is 0 Å². The fourth-order valence-corrected chi connectivity index (χ4v) is 3.51. The van der Waals surface area contributed by atoms with Gasteiger partial charge in [-0.1, -0.05) is 6.07 Å². The summed E-state index contributed by atoms with van der Waals surface area (Å²) in [7, 11) is 0. The highest BCUT2D eigenvalue weighted by Gasteiger charge is 2.25. The van der Waals surface area contributed by atoms with Gasteiger partial charge in [-0.05, 0) is 19.9 Å². The summed E-state index contributed by atoms with van der Waals surface area (Å²) in [4.78, 5) is 18.8. The van der Waals surface area contributed by atoms with Crippen molar-refractivity contribution in [3.63, 3.8) is 0 Å². The zero-order valence-corrected chi connectivity index (χ0v) is 15.6. The molecule has 0 aliphatic carbocycles. The van der Waals surface area contributed by atoms with Gasteiger partial charge in [-0.25, -0.2) is 4.98 Å². The monoisotopic (exact) mass is 368 g/mol. The van der Waals surface area contributed by atoms with Crippen LogP contribution < -0.4 is 5.32 Å². The summed E-state index contributed by atoms with van der Waals surface area (Å²) >= 11 is 0. The molecule has 8 nitrogen and oxygen atoms in total. The molecule has 0 saturated carbocycles. The first-order chi connectivity index (χ1) is 13.1. The lowest BCUT2D eigenvalue weighted by molar-refractivity contribution is -0.144. The van der Waals surface area contributed by atoms with E-state index in [0.29, 0.717) is 19.6 Å². The second-order valence-corrected chi connectivity index (χ2v) is 7.03. The van der Waals surface area contributed by atoms with Crippen LogP contribution in [-0.4, -0.2) is 55.3 Å². The topological polar surface area (TPSA) is 76.7 Å². The van der Waals surface area contributed by atoms with Gasteiger partial charge in [-0.15, -0.1) is 0 Å². The lowest BCUT2D eigenvalue weighted by atomic mass is 10.2. The molecule has 0 radical (unpaired) electrons. The molecule has 4 rings (SSSR count). The number of hydrogen-bond donors (Lipinski definition) is 1. The summed E-state index contributed by atoms with van der Waals surface area (Å²) in [5.41, 5.74) is 2.91. The van der Waals surface area contributed by atoms with Crippen molar-refractivity contribution in [2.24, 2.45) is 0 Å². The van der Waals surface area contributed by atoms with Gasteiger partial charge in [0.05, 0.1) is 24.1 Å². The maximum absolute atomic E-state index is 12.5. The number of anilines is 1. The van der Waals surface area contributed by atoms with Crippen LogP contribution in [0.2, 0.25) is 0 Å². The summed E-state index contributed by atoms with van der Waals surface area (Å²) in [6, 6.07) is 4.04. The first kappa shape index (κ1) is 17.5. The number of morpholine rings is 1. The molecule has 27 heavy (non-hydrogen) atoms. The van der Waals surface area contributed by atoms with Crippen molar-refractivity contribution in [1.82, 2.24) is 24.1 Å². The van der Waals surface area contributed by atoms with Crippen LogP contribution in [0.1, 0.15) is 19.4 Å². The predicted molar refractivity (Wildman–Crippen MR) is 101 cm³/mol. The Hall–Kier alpha value is -2.87. The van der Waals surface area contributed by atoms with E-state index in [1.54, 1.807) is 17.1 Å². The molecule has 1 saturated heterocycles. The standard InChI is InChI=1S/C19H24N6O2/c1-14-10-24(11-15(2)27-14)18(26)13-25-12-17(9-22-25)21-8-16-4-3-6-23-7-5-20-19(16)23/h3-7,9,12,14-15,21H,8,10-11,13H2,1-2H3. The number of fused-ring (bicyclic) bond motifs is 1. The molecule has 1 amide bonds. The molecule has 8 heteroatoms. The minimum atomic E-state index is 0.0637. The number of imidazole rings is 1. The molecule has 4 heterocycles. The number of carbonyl (C=O) groups excluding carboxylic acids is 1. The number of ether oxygens (including phenoxy) is 1. The maximum atomic E-state index is 12.5. The summed E-state index contributed by atoms with van der Waals surface area (Å²) in [6.45, 7) is 6.11. The van der Waals surface area contributed by atoms with Gasteiger partial charge < -0.3 is 19.4 Å². The Morgan fingerprint density at radius 1 is 1.30 bits per heavy atom. The number of carbonyl (C=O) groups is 1. The van der Waals surface area contributed by atoms with E-state index in [9.17, 15) is 4.79 Å². The molecule has 3 aromatic heterocycles. The Labute approximate surface area is 157 Å². The first-order valence-electron chi connectivity index (χ1n) is 9.18. The zero-order chi connectivity index (χ0) is 18.8. The summed E-state index contributed by atoms with van der Waals surface area (Å²) in [6.07, 6.45) is 9.42. The van der Waals surface area contributed by atoms with Gasteiger partial charge in [0.25, 0.3) is 0 Å². The number of rotatable bonds is 5. The number of aromatic nitrogens is 4. The molecule has 1 N–H and O–H groups in total. The fraction of sp³-hybridized carbons (Fsp3) is 0.421. The lowest BCUT2D eigenvalue weighted by Gasteiger charge is -2.35. The molecular formula is C19H24N6O2. The quantitative estimate of drug-likeness (QED) is 0.743. The van der Waals surface area contributed by atoms with Crippen LogP contribution in [0.15, 0.2) is 43.1 Å². The molecule has 0 spiro atoms. The Balaban J connectivity index is 1.36. The van der Waals surface area contributed by atoms with E-state index in [2.05, 4.69) is 15.4 Å². The van der Waals surface area contributed by atoms with Gasteiger partial charge in [0.1, 0.15) is 12.2 Å². The van der Waals surface area contributed by atoms with Crippen molar-refractivity contribution < 1.29 is 9.53 Å². The van der Waals surface area contributed by atoms with Gasteiger partial charge in [-0.3, -0.25) is 9.48 Å². The summed E-state index contributed by atoms with van der Waals surface area (Å²) in [5, 5.41) is 7.66. The van der Waals surface area contributed by atoms with Crippen molar-refractivity contribution in [3.8, 4) is 0 Å². The minimum absolute atomic E-state index is 0.0637. The Morgan fingerprint density at radius 2 is 2.11 bits per heavy atom. The van der Waals surface area contributed by atoms with Gasteiger partial charge in [0, 0.05) is 50.0 Å². The van der Waals surface area contributed by atoms with E-state index in [1.807, 2.05) is 53.9 Å². The number of nitrogens with zero attached hydrogens (tertiary/aromatic N) is 5. The molecule has 142 valence electrons. The molecule has 0 bridgehead atoms. The van der Waals surface area contributed by atoms with E-state index in [4.69, 9.17) is 4.74 Å². The normalized spacial score (nSPS) is 20.1. The van der Waals surface area contributed by atoms with Crippen LogP contribution >= 0.6 is 0 Å². The van der Waals surface area contributed by atoms with Crippen LogP contribution in [0.5, 0.6) is 0 Å². The van der Waals surface area contributed by atoms with Crippen molar-refractivity contribution in [1.29, 1.82) is 0 Å². The van der Waals surface area contributed by atoms with Gasteiger partial charge >= 0.3 is 0 Å². The molecular weight excluding hydrogens is 344 g/mol. The molecule has 1 aliphatic heterocycles. The first-order valence-corrected chi connectivity index (χ1v) is 9.18. The highest BCUT2D eigenvalue weighted by atomic mass is 16.5. The Kier molecular flexibility index (Phi) is 4.81. The average Bonchev–Trinajstić information content (AvgIpc) is 3.28. The van der Waals surface area contributed by atoms with E-state index >= 15 is 0 Å². The van der Waals surface area contributed by atoms with Gasteiger partial charge in [0.15, 0.2) is 0 Å². The molecule has 2 atom stereocenters. The van der Waals surface area contributed by atoms with Crippen molar-refractivity contribution in [2.45, 2.75) is 39.1 Å². The molecule has 1 aliphatic rings. The van der Waals surface area contributed by atoms with E-state index in [0.717, 1.165) is 16.9 Å². The highest BCUT2D eigenvalue weighted by Crippen LogP contribution is 2.14. The molecule has 1 fully saturated rings. The van der Waals surface area contributed by atoms with Crippen LogP contribution in [-0.2, 0) is 22.6 Å². The van der Waals surface area contributed by atoms with Crippen molar-refractivity contribution in [3.05, 3.63) is 48.7 Å². The minimum Gasteiger partial charge on any atom is -0.378 e. The van der Waals surface area contributed by atoms with Crippen molar-refractivity contribution in [2.75, 3.05) is 18.4 Å². The number of pyridine rings is 1. The number of amides is 1. The summed E-state index contributed by atoms with van der Waals surface area (Å²) < 4.78 is 9.35. The molecule has 2 unspecified atom stereocenters. The van der Waals surface area contributed by atoms with E-state index < -0.39 is 0 Å². The lowest BCUT2D eigenvalue weighted by Crippen LogP contribution is -2.49. The number of nitrogens with one attached hydrogen (secondary N) is 1. The van der Waals surface area contributed by atoms with Gasteiger partial charge in [0.2, 0.25) is 5.91 Å². The third-order valence-electron chi connectivity index (χ3n) is 4.69. The largest absolute Gasteiger partial charge is 0.378 e. The number of hydrogen-bond acceptors (Lipinski definition) is 5. The van der Waals surface area contributed by atoms with Gasteiger partial charge in [-0.2, -0.15) is 5.10 Å². The summed E-state index contributed by atoms with van der Waals surface area (Å²) in [5.74, 6) is 0.0637. The Morgan fingerprint density at radius 3 is 2.93 bits per heavy atom. The average molecular weight is 368 g/mol. The predicted octanol–water partition coefficient (Wildman–Crippen LogP) is 1.78. The second-order valence-electron chi connectivity index (χ2n) is 7.03. The Bertz CT molecular complexity index is 923. The zero-order valence-electron chi connectivity index (χ0n) is 15.6. The SMILES string of the molecule is CC1CN(C(=O)Cn2cc(NCc3cccn4ccnc34)cn2)CC(C)O1. The van der Waals surface area contributed by atoms with Crippen molar-refractivity contribution >= 4 is 17.2 Å². The fourth-order valence-electron chi connectivity index (χ4n) is 3.51. The third-order valence-corrected chi connectivity index (χ3v) is 4.69. The van der Waals surface area contributed by atoms with E-state index in [-0.39, 0.29) is 24.7 Å². The maximum Gasteiger partial charge on any atom is 0.244 e. The van der Waals surface area contributed by atoms with E-state index in [1.165, 1.54) is 0 Å². The smallest absolute Gasteiger partial charge is 0.244 e. The highest BCUT2D eigenvalue weighted by molar-refractivity contribution is 5.76. The molecule has 0 aromatic carbocycles. The van der Waals surface area contributed by atoms with Crippen LogP contribution in [0.25, 0.3) is 5.65 Å². The molecule has 3 aromatic rings. The van der Waals surface area contributed by atoms with Crippen LogP contribution in [0, 0.1) is 0 Å².